The molecule has 0 fully saturated rings. The number of nitro groups is 1. The molecule has 0 aliphatic rings. The molecule has 0 radical (unpaired) electrons. The molecule has 8 heteroatoms. The summed E-state index contributed by atoms with van der Waals surface area (Å²) in [4.78, 5) is 38.6. The Hall–Kier alpha value is -2.15. The number of carbonyl (C=O) groups excluding carboxylic acids is 2. The van der Waals surface area contributed by atoms with Crippen molar-refractivity contribution in [2.75, 3.05) is 26.2 Å². The van der Waals surface area contributed by atoms with Crippen molar-refractivity contribution >= 4 is 29.1 Å². The van der Waals surface area contributed by atoms with Gasteiger partial charge in [0.25, 0.3) is 17.5 Å². The lowest BCUT2D eigenvalue weighted by molar-refractivity contribution is -0.385. The van der Waals surface area contributed by atoms with Gasteiger partial charge in [-0.15, -0.1) is 0 Å². The average molecular weight is 356 g/mol. The van der Waals surface area contributed by atoms with Gasteiger partial charge in [-0.1, -0.05) is 11.6 Å². The molecule has 0 bridgehead atoms. The molecule has 0 spiro atoms. The van der Waals surface area contributed by atoms with Gasteiger partial charge in [-0.25, -0.2) is 0 Å². The van der Waals surface area contributed by atoms with E-state index in [4.69, 9.17) is 11.6 Å². The first-order valence-corrected chi connectivity index (χ1v) is 8.26. The molecule has 0 aliphatic carbocycles. The predicted molar refractivity (Wildman–Crippen MR) is 92.6 cm³/mol. The lowest BCUT2D eigenvalue weighted by Crippen LogP contribution is -2.32. The van der Waals surface area contributed by atoms with Gasteiger partial charge in [0, 0.05) is 32.2 Å². The topological polar surface area (TPSA) is 83.8 Å². The number of nitro benzene ring substituents is 1. The molecule has 0 unspecified atom stereocenters. The van der Waals surface area contributed by atoms with E-state index in [0.29, 0.717) is 26.2 Å². The van der Waals surface area contributed by atoms with Crippen molar-refractivity contribution in [3.8, 4) is 0 Å². The quantitative estimate of drug-likeness (QED) is 0.555. The zero-order chi connectivity index (χ0) is 18.4. The van der Waals surface area contributed by atoms with Gasteiger partial charge in [0.2, 0.25) is 0 Å². The first-order valence-electron chi connectivity index (χ1n) is 7.88. The molecule has 0 heterocycles. The molecule has 7 nitrogen and oxygen atoms in total. The number of halogens is 1. The highest BCUT2D eigenvalue weighted by atomic mass is 35.5. The van der Waals surface area contributed by atoms with Crippen LogP contribution < -0.4 is 0 Å². The summed E-state index contributed by atoms with van der Waals surface area (Å²) in [5.74, 6) is -0.870. The maximum atomic E-state index is 12.5. The van der Waals surface area contributed by atoms with Gasteiger partial charge in [-0.3, -0.25) is 19.7 Å². The Morgan fingerprint density at radius 2 is 1.38 bits per heavy atom. The molecule has 24 heavy (non-hydrogen) atoms. The van der Waals surface area contributed by atoms with E-state index in [1.165, 1.54) is 15.9 Å². The van der Waals surface area contributed by atoms with E-state index in [-0.39, 0.29) is 16.1 Å². The minimum absolute atomic E-state index is 0.0307. The molecule has 1 rings (SSSR count). The van der Waals surface area contributed by atoms with Crippen molar-refractivity contribution in [2.45, 2.75) is 27.7 Å². The Morgan fingerprint density at radius 1 is 0.958 bits per heavy atom. The van der Waals surface area contributed by atoms with E-state index in [0.717, 1.165) is 6.07 Å². The third kappa shape index (κ3) is 4.03. The molecule has 1 aromatic carbocycles. The number of hydrogen-bond donors (Lipinski definition) is 0. The van der Waals surface area contributed by atoms with Crippen LogP contribution in [-0.2, 0) is 0 Å². The monoisotopic (exact) mass is 355 g/mol. The van der Waals surface area contributed by atoms with Gasteiger partial charge in [0.05, 0.1) is 15.5 Å². The second-order valence-corrected chi connectivity index (χ2v) is 5.47. The van der Waals surface area contributed by atoms with Gasteiger partial charge in [-0.05, 0) is 33.8 Å². The Morgan fingerprint density at radius 3 is 1.75 bits per heavy atom. The van der Waals surface area contributed by atoms with Gasteiger partial charge in [-0.2, -0.15) is 0 Å². The zero-order valence-corrected chi connectivity index (χ0v) is 15.1. The number of amides is 2. The first-order chi connectivity index (χ1) is 11.3. The van der Waals surface area contributed by atoms with E-state index in [2.05, 4.69) is 0 Å². The molecule has 132 valence electrons. The van der Waals surface area contributed by atoms with Gasteiger partial charge < -0.3 is 9.80 Å². The van der Waals surface area contributed by atoms with Crippen LogP contribution in [0.5, 0.6) is 0 Å². The fraction of sp³-hybridized carbons (Fsp3) is 0.500. The second-order valence-electron chi connectivity index (χ2n) is 5.06. The summed E-state index contributed by atoms with van der Waals surface area (Å²) >= 11 is 6.15. The number of nitrogens with zero attached hydrogens (tertiary/aromatic N) is 3. The summed E-state index contributed by atoms with van der Waals surface area (Å²) < 4.78 is 0. The van der Waals surface area contributed by atoms with Gasteiger partial charge in [0.1, 0.15) is 5.56 Å². The molecule has 0 saturated heterocycles. The van der Waals surface area contributed by atoms with E-state index < -0.39 is 22.4 Å². The summed E-state index contributed by atoms with van der Waals surface area (Å²) in [6.07, 6.45) is 0. The highest BCUT2D eigenvalue weighted by molar-refractivity contribution is 6.34. The summed E-state index contributed by atoms with van der Waals surface area (Å²) in [6, 6.07) is 2.32. The fourth-order valence-electron chi connectivity index (χ4n) is 2.41. The fourth-order valence-corrected chi connectivity index (χ4v) is 2.65. The SMILES string of the molecule is CCN(CC)C(=O)c1cc([N+](=O)[O-])c(C(=O)N(CC)CC)cc1Cl. The summed E-state index contributed by atoms with van der Waals surface area (Å²) in [6.45, 7) is 8.94. The standard InChI is InChI=1S/C16H22ClN3O4/c1-5-18(6-2)15(21)11-10-14(20(23)24)12(9-13(11)17)16(22)19(7-3)8-4/h9-10H,5-8H2,1-4H3. The van der Waals surface area contributed by atoms with Crippen LogP contribution in [0.2, 0.25) is 5.02 Å². The molecule has 0 saturated carbocycles. The lowest BCUT2D eigenvalue weighted by Gasteiger charge is -2.21. The maximum absolute atomic E-state index is 12.5. The predicted octanol–water partition coefficient (Wildman–Crippen LogP) is 3.21. The van der Waals surface area contributed by atoms with Crippen molar-refractivity contribution in [1.29, 1.82) is 0 Å². The van der Waals surface area contributed by atoms with Crippen LogP contribution in [-0.4, -0.2) is 52.7 Å². The molecule has 0 aliphatic heterocycles. The van der Waals surface area contributed by atoms with Crippen molar-refractivity contribution < 1.29 is 14.5 Å². The maximum Gasteiger partial charge on any atom is 0.283 e. The van der Waals surface area contributed by atoms with Crippen molar-refractivity contribution in [3.63, 3.8) is 0 Å². The number of benzene rings is 1. The molecule has 1 aromatic rings. The highest BCUT2D eigenvalue weighted by Crippen LogP contribution is 2.29. The molecular formula is C16H22ClN3O4. The van der Waals surface area contributed by atoms with Crippen molar-refractivity contribution in [3.05, 3.63) is 38.4 Å². The summed E-state index contributed by atoms with van der Waals surface area (Å²) in [7, 11) is 0. The number of rotatable bonds is 7. The second kappa shape index (κ2) is 8.63. The van der Waals surface area contributed by atoms with Crippen molar-refractivity contribution in [2.24, 2.45) is 0 Å². The van der Waals surface area contributed by atoms with E-state index in [1.807, 2.05) is 13.8 Å². The minimum Gasteiger partial charge on any atom is -0.339 e. The normalized spacial score (nSPS) is 10.4. The molecular weight excluding hydrogens is 334 g/mol. The van der Waals surface area contributed by atoms with Gasteiger partial charge in [0.15, 0.2) is 0 Å². The largest absolute Gasteiger partial charge is 0.339 e. The van der Waals surface area contributed by atoms with Crippen LogP contribution in [0.15, 0.2) is 12.1 Å². The minimum atomic E-state index is -0.661. The van der Waals surface area contributed by atoms with Crippen LogP contribution >= 0.6 is 11.6 Å². The molecule has 2 amide bonds. The van der Waals surface area contributed by atoms with E-state index in [9.17, 15) is 19.7 Å². The average Bonchev–Trinajstić information content (AvgIpc) is 2.56. The molecule has 0 aromatic heterocycles. The molecule has 0 atom stereocenters. The van der Waals surface area contributed by atoms with Crippen LogP contribution in [0.3, 0.4) is 0 Å². The van der Waals surface area contributed by atoms with Crippen LogP contribution in [0.25, 0.3) is 0 Å². The Balaban J connectivity index is 3.46. The van der Waals surface area contributed by atoms with Gasteiger partial charge >= 0.3 is 0 Å². The Kier molecular flexibility index (Phi) is 7.16. The third-order valence-corrected chi connectivity index (χ3v) is 4.16. The Bertz CT molecular complexity index is 640. The van der Waals surface area contributed by atoms with E-state index in [1.54, 1.807) is 13.8 Å². The smallest absolute Gasteiger partial charge is 0.283 e. The zero-order valence-electron chi connectivity index (χ0n) is 14.3. The summed E-state index contributed by atoms with van der Waals surface area (Å²) in [5.41, 5.74) is -0.486. The Labute approximate surface area is 146 Å². The van der Waals surface area contributed by atoms with Crippen molar-refractivity contribution in [1.82, 2.24) is 9.80 Å². The highest BCUT2D eigenvalue weighted by Gasteiger charge is 2.28. The number of carbonyl (C=O) groups is 2. The van der Waals surface area contributed by atoms with Crippen LogP contribution in [0.1, 0.15) is 48.4 Å². The molecule has 0 N–H and O–H groups in total. The van der Waals surface area contributed by atoms with Crippen LogP contribution in [0.4, 0.5) is 5.69 Å². The third-order valence-electron chi connectivity index (χ3n) is 3.84. The van der Waals surface area contributed by atoms with E-state index >= 15 is 0 Å². The lowest BCUT2D eigenvalue weighted by atomic mass is 10.1. The first kappa shape index (κ1) is 19.9. The number of hydrogen-bond acceptors (Lipinski definition) is 4. The summed E-state index contributed by atoms with van der Waals surface area (Å²) in [5, 5.41) is 11.4. The van der Waals surface area contributed by atoms with Crippen LogP contribution in [0, 0.1) is 10.1 Å².